The summed E-state index contributed by atoms with van der Waals surface area (Å²) in [5.74, 6) is 4.69. The van der Waals surface area contributed by atoms with Crippen molar-refractivity contribution in [1.29, 1.82) is 0 Å². The summed E-state index contributed by atoms with van der Waals surface area (Å²) in [7, 11) is 0. The van der Waals surface area contributed by atoms with Crippen LogP contribution in [0.4, 0.5) is 0 Å². The van der Waals surface area contributed by atoms with E-state index in [2.05, 4.69) is 11.8 Å². The van der Waals surface area contributed by atoms with Crippen LogP contribution in [-0.4, -0.2) is 17.5 Å². The molecule has 1 nitrogen and oxygen atoms in total. The van der Waals surface area contributed by atoms with Crippen LogP contribution in [0.15, 0.2) is 0 Å². The number of hydrogen-bond donors (Lipinski definition) is 1. The van der Waals surface area contributed by atoms with E-state index in [4.69, 9.17) is 5.73 Å². The van der Waals surface area contributed by atoms with Gasteiger partial charge >= 0.3 is 0 Å². The molecule has 2 aliphatic rings. The molecule has 1 saturated carbocycles. The maximum Gasteiger partial charge on any atom is 0.00446 e. The lowest BCUT2D eigenvalue weighted by Crippen LogP contribution is -2.37. The molecule has 1 aliphatic carbocycles. The summed E-state index contributed by atoms with van der Waals surface area (Å²) in [6, 6.07) is 0.532. The number of nitrogens with two attached hydrogens (primary N) is 1. The molecule has 0 radical (unpaired) electrons. The average Bonchev–Trinajstić information content (AvgIpc) is 1.85. The maximum absolute atomic E-state index is 5.92. The molecule has 1 heterocycles. The van der Waals surface area contributed by atoms with Crippen LogP contribution in [0.1, 0.15) is 19.3 Å². The summed E-state index contributed by atoms with van der Waals surface area (Å²) in [4.78, 5) is 0. The molecule has 2 heteroatoms. The van der Waals surface area contributed by atoms with Gasteiger partial charge in [-0.15, -0.1) is 0 Å². The quantitative estimate of drug-likeness (QED) is 0.576. The van der Waals surface area contributed by atoms with E-state index in [1.165, 1.54) is 30.8 Å². The Morgan fingerprint density at radius 2 is 1.60 bits per heavy atom. The number of rotatable bonds is 0. The van der Waals surface area contributed by atoms with E-state index >= 15 is 0 Å². The third kappa shape index (κ3) is 1.32. The first kappa shape index (κ1) is 6.99. The van der Waals surface area contributed by atoms with E-state index in [0.29, 0.717) is 6.04 Å². The number of fused-ring (bicyclic) bond motifs is 2. The molecular weight excluding hydrogens is 142 g/mol. The lowest BCUT2D eigenvalue weighted by Gasteiger charge is -2.37. The summed E-state index contributed by atoms with van der Waals surface area (Å²) >= 11 is 2.13. The monoisotopic (exact) mass is 157 g/mol. The molecular formula is C8H15NS. The first-order valence-corrected chi connectivity index (χ1v) is 5.33. The fourth-order valence-corrected chi connectivity index (χ4v) is 3.64. The molecule has 0 amide bonds. The predicted molar refractivity (Wildman–Crippen MR) is 46.1 cm³/mol. The van der Waals surface area contributed by atoms with Crippen molar-refractivity contribution in [3.63, 3.8) is 0 Å². The molecule has 0 aromatic rings. The topological polar surface area (TPSA) is 26.0 Å². The lowest BCUT2D eigenvalue weighted by atomic mass is 9.80. The SMILES string of the molecule is NC1C[C@H]2CSC[C@@H](C1)C2. The van der Waals surface area contributed by atoms with Gasteiger partial charge in [0.05, 0.1) is 0 Å². The van der Waals surface area contributed by atoms with Gasteiger partial charge in [-0.3, -0.25) is 0 Å². The second-order valence-corrected chi connectivity index (χ2v) is 4.81. The molecule has 0 aromatic carbocycles. The van der Waals surface area contributed by atoms with Crippen LogP contribution < -0.4 is 5.73 Å². The second kappa shape index (κ2) is 2.74. The molecule has 2 N–H and O–H groups in total. The number of thioether (sulfide) groups is 1. The molecule has 2 fully saturated rings. The predicted octanol–water partition coefficient (Wildman–Crippen LogP) is 1.48. The summed E-state index contributed by atoms with van der Waals surface area (Å²) in [6.45, 7) is 0. The van der Waals surface area contributed by atoms with Crippen LogP contribution in [0.5, 0.6) is 0 Å². The highest BCUT2D eigenvalue weighted by Crippen LogP contribution is 2.37. The third-order valence-electron chi connectivity index (χ3n) is 2.65. The molecule has 2 bridgehead atoms. The van der Waals surface area contributed by atoms with Crippen LogP contribution in [0.25, 0.3) is 0 Å². The Kier molecular flexibility index (Phi) is 1.92. The Bertz CT molecular complexity index is 110. The molecule has 2 rings (SSSR count). The summed E-state index contributed by atoms with van der Waals surface area (Å²) in [6.07, 6.45) is 4.06. The van der Waals surface area contributed by atoms with Crippen LogP contribution in [-0.2, 0) is 0 Å². The molecule has 0 spiro atoms. The van der Waals surface area contributed by atoms with Gasteiger partial charge in [-0.25, -0.2) is 0 Å². The van der Waals surface area contributed by atoms with Gasteiger partial charge in [-0.1, -0.05) is 0 Å². The van der Waals surface area contributed by atoms with Crippen molar-refractivity contribution < 1.29 is 0 Å². The van der Waals surface area contributed by atoms with E-state index in [9.17, 15) is 0 Å². The van der Waals surface area contributed by atoms with E-state index in [0.717, 1.165) is 11.8 Å². The fourth-order valence-electron chi connectivity index (χ4n) is 2.29. The summed E-state index contributed by atoms with van der Waals surface area (Å²) in [5, 5.41) is 0. The van der Waals surface area contributed by atoms with Gasteiger partial charge in [0, 0.05) is 6.04 Å². The Hall–Kier alpha value is 0.310. The Balaban J connectivity index is 1.98. The maximum atomic E-state index is 5.92. The first-order valence-electron chi connectivity index (χ1n) is 4.18. The van der Waals surface area contributed by atoms with Crippen LogP contribution >= 0.6 is 11.8 Å². The zero-order chi connectivity index (χ0) is 6.97. The standard InChI is InChI=1S/C8H15NS/c9-8-2-6-1-7(3-8)5-10-4-6/h6-8H,1-5,9H2/t6-,7+,8?. The van der Waals surface area contributed by atoms with E-state index in [1.54, 1.807) is 0 Å². The van der Waals surface area contributed by atoms with E-state index in [1.807, 2.05) is 0 Å². The molecule has 10 heavy (non-hydrogen) atoms. The van der Waals surface area contributed by atoms with Gasteiger partial charge < -0.3 is 5.73 Å². The average molecular weight is 157 g/mol. The van der Waals surface area contributed by atoms with Gasteiger partial charge in [-0.2, -0.15) is 11.8 Å². The van der Waals surface area contributed by atoms with Crippen LogP contribution in [0, 0.1) is 11.8 Å². The zero-order valence-electron chi connectivity index (χ0n) is 6.25. The molecule has 3 atom stereocenters. The molecule has 1 unspecified atom stereocenters. The first-order chi connectivity index (χ1) is 4.84. The molecule has 1 aliphatic heterocycles. The Labute approximate surface area is 66.7 Å². The van der Waals surface area contributed by atoms with Crippen molar-refractivity contribution >= 4 is 11.8 Å². The fraction of sp³-hybridized carbons (Fsp3) is 1.00. The van der Waals surface area contributed by atoms with Crippen molar-refractivity contribution in [3.8, 4) is 0 Å². The van der Waals surface area contributed by atoms with Crippen molar-refractivity contribution in [1.82, 2.24) is 0 Å². The van der Waals surface area contributed by atoms with E-state index < -0.39 is 0 Å². The summed E-state index contributed by atoms with van der Waals surface area (Å²) < 4.78 is 0. The van der Waals surface area contributed by atoms with Gasteiger partial charge in [0.15, 0.2) is 0 Å². The minimum atomic E-state index is 0.532. The molecule has 58 valence electrons. The highest BCUT2D eigenvalue weighted by Gasteiger charge is 2.30. The van der Waals surface area contributed by atoms with Gasteiger partial charge in [0.25, 0.3) is 0 Å². The Morgan fingerprint density at radius 3 is 2.20 bits per heavy atom. The highest BCUT2D eigenvalue weighted by atomic mass is 32.2. The zero-order valence-corrected chi connectivity index (χ0v) is 7.07. The van der Waals surface area contributed by atoms with Gasteiger partial charge in [-0.05, 0) is 42.6 Å². The highest BCUT2D eigenvalue weighted by molar-refractivity contribution is 7.99. The van der Waals surface area contributed by atoms with Crippen molar-refractivity contribution in [3.05, 3.63) is 0 Å². The van der Waals surface area contributed by atoms with Crippen molar-refractivity contribution in [2.75, 3.05) is 11.5 Å². The van der Waals surface area contributed by atoms with Crippen molar-refractivity contribution in [2.24, 2.45) is 17.6 Å². The molecule has 0 aromatic heterocycles. The van der Waals surface area contributed by atoms with Gasteiger partial charge in [0.1, 0.15) is 0 Å². The Morgan fingerprint density at radius 1 is 1.00 bits per heavy atom. The second-order valence-electron chi connectivity index (χ2n) is 3.74. The van der Waals surface area contributed by atoms with Crippen LogP contribution in [0.2, 0.25) is 0 Å². The third-order valence-corrected chi connectivity index (χ3v) is 4.06. The van der Waals surface area contributed by atoms with Gasteiger partial charge in [0.2, 0.25) is 0 Å². The van der Waals surface area contributed by atoms with Crippen LogP contribution in [0.3, 0.4) is 0 Å². The summed E-state index contributed by atoms with van der Waals surface area (Å²) in [5.41, 5.74) is 5.92. The lowest BCUT2D eigenvalue weighted by molar-refractivity contribution is 0.268. The minimum Gasteiger partial charge on any atom is -0.328 e. The minimum absolute atomic E-state index is 0.532. The normalized spacial score (nSPS) is 47.1. The smallest absolute Gasteiger partial charge is 0.00446 e. The van der Waals surface area contributed by atoms with E-state index in [-0.39, 0.29) is 0 Å². The molecule has 1 saturated heterocycles. The number of hydrogen-bond acceptors (Lipinski definition) is 2. The van der Waals surface area contributed by atoms with Crippen molar-refractivity contribution in [2.45, 2.75) is 25.3 Å². The largest absolute Gasteiger partial charge is 0.328 e.